The van der Waals surface area contributed by atoms with Gasteiger partial charge < -0.3 is 19.9 Å². The van der Waals surface area contributed by atoms with E-state index in [1.54, 1.807) is 12.1 Å². The second-order valence-corrected chi connectivity index (χ2v) is 5.96. The molecule has 1 aromatic carbocycles. The van der Waals surface area contributed by atoms with Crippen molar-refractivity contribution in [3.8, 4) is 5.75 Å². The number of carbonyl (C=O) groups is 3. The van der Waals surface area contributed by atoms with Gasteiger partial charge in [0, 0.05) is 28.5 Å². The average Bonchev–Trinajstić information content (AvgIpc) is 3.02. The summed E-state index contributed by atoms with van der Waals surface area (Å²) in [7, 11) is 1.23. The lowest BCUT2D eigenvalue weighted by molar-refractivity contribution is -0.139. The van der Waals surface area contributed by atoms with E-state index >= 15 is 0 Å². The molecule has 26 heavy (non-hydrogen) atoms. The number of carboxylic acids is 1. The van der Waals surface area contributed by atoms with Gasteiger partial charge in [0.15, 0.2) is 12.4 Å². The van der Waals surface area contributed by atoms with Crippen molar-refractivity contribution in [1.82, 2.24) is 10.2 Å². The second kappa shape index (κ2) is 7.04. The Bertz CT molecular complexity index is 894. The van der Waals surface area contributed by atoms with Crippen molar-refractivity contribution in [1.29, 1.82) is 0 Å². The van der Waals surface area contributed by atoms with Gasteiger partial charge in [0.2, 0.25) is 5.91 Å². The van der Waals surface area contributed by atoms with Crippen LogP contribution in [-0.2, 0) is 14.3 Å². The maximum atomic E-state index is 12.1. The van der Waals surface area contributed by atoms with Crippen LogP contribution in [0, 0.1) is 0 Å². The predicted octanol–water partition coefficient (Wildman–Crippen LogP) is 1.79. The number of carboxylic acid groups (broad SMARTS) is 1. The Morgan fingerprint density at radius 3 is 2.88 bits per heavy atom. The van der Waals surface area contributed by atoms with Gasteiger partial charge in [-0.15, -0.1) is 0 Å². The normalized spacial score (nSPS) is 15.8. The number of aromatic amines is 1. The summed E-state index contributed by atoms with van der Waals surface area (Å²) in [5, 5.41) is 18.3. The van der Waals surface area contributed by atoms with Crippen LogP contribution in [0.5, 0.6) is 5.75 Å². The molecule has 1 atom stereocenters. The molecule has 0 fully saturated rings. The summed E-state index contributed by atoms with van der Waals surface area (Å²) >= 11 is 6.08. The zero-order valence-electron chi connectivity index (χ0n) is 13.5. The molecule has 136 valence electrons. The number of methoxy groups -OCH3 is 1. The Morgan fingerprint density at radius 1 is 1.42 bits per heavy atom. The minimum Gasteiger partial charge on any atom is -0.482 e. The fourth-order valence-electron chi connectivity index (χ4n) is 2.84. The van der Waals surface area contributed by atoms with Crippen molar-refractivity contribution in [3.05, 3.63) is 40.0 Å². The first-order chi connectivity index (χ1) is 12.4. The van der Waals surface area contributed by atoms with E-state index in [1.807, 2.05) is 0 Å². The maximum absolute atomic E-state index is 12.1. The van der Waals surface area contributed by atoms with Gasteiger partial charge >= 0.3 is 11.9 Å². The van der Waals surface area contributed by atoms with Gasteiger partial charge in [-0.2, -0.15) is 5.10 Å². The first kappa shape index (κ1) is 17.7. The highest BCUT2D eigenvalue weighted by Crippen LogP contribution is 2.42. The van der Waals surface area contributed by atoms with Crippen LogP contribution in [0.4, 0.5) is 5.82 Å². The quantitative estimate of drug-likeness (QED) is 0.675. The van der Waals surface area contributed by atoms with E-state index in [1.165, 1.54) is 13.2 Å². The Hall–Kier alpha value is -3.07. The van der Waals surface area contributed by atoms with Crippen LogP contribution in [0.25, 0.3) is 0 Å². The summed E-state index contributed by atoms with van der Waals surface area (Å²) in [5.41, 5.74) is 0.997. The molecule has 1 aliphatic heterocycles. The van der Waals surface area contributed by atoms with Crippen molar-refractivity contribution in [2.45, 2.75) is 12.3 Å². The van der Waals surface area contributed by atoms with E-state index in [4.69, 9.17) is 26.2 Å². The third-order valence-corrected chi connectivity index (χ3v) is 4.12. The highest BCUT2D eigenvalue weighted by molar-refractivity contribution is 6.30. The molecule has 10 heteroatoms. The number of rotatable bonds is 5. The number of H-pyrrole nitrogens is 1. The molecule has 9 nitrogen and oxygen atoms in total. The predicted molar refractivity (Wildman–Crippen MR) is 89.6 cm³/mol. The third kappa shape index (κ3) is 3.33. The molecule has 2 heterocycles. The second-order valence-electron chi connectivity index (χ2n) is 5.52. The molecule has 0 saturated heterocycles. The van der Waals surface area contributed by atoms with E-state index in [-0.39, 0.29) is 29.6 Å². The van der Waals surface area contributed by atoms with Crippen molar-refractivity contribution >= 4 is 35.3 Å². The third-order valence-electron chi connectivity index (χ3n) is 3.89. The fraction of sp³-hybridized carbons (Fsp3) is 0.250. The van der Waals surface area contributed by atoms with Crippen LogP contribution >= 0.6 is 11.6 Å². The molecule has 0 radical (unpaired) electrons. The highest BCUT2D eigenvalue weighted by Gasteiger charge is 2.35. The summed E-state index contributed by atoms with van der Waals surface area (Å²) < 4.78 is 10.1. The van der Waals surface area contributed by atoms with Gasteiger partial charge in [-0.3, -0.25) is 9.89 Å². The number of esters is 1. The molecule has 0 spiro atoms. The number of aliphatic carboxylic acids is 1. The van der Waals surface area contributed by atoms with E-state index in [0.29, 0.717) is 16.1 Å². The number of fused-ring (bicyclic) bond motifs is 1. The number of carbonyl (C=O) groups excluding carboxylic acids is 2. The van der Waals surface area contributed by atoms with Crippen LogP contribution in [0.3, 0.4) is 0 Å². The molecule has 1 aromatic heterocycles. The zero-order chi connectivity index (χ0) is 18.8. The smallest absolute Gasteiger partial charge is 0.356 e. The molecule has 0 aliphatic carbocycles. The zero-order valence-corrected chi connectivity index (χ0v) is 14.3. The fourth-order valence-corrected chi connectivity index (χ4v) is 3.02. The Balaban J connectivity index is 2.11. The lowest BCUT2D eigenvalue weighted by Gasteiger charge is -2.25. The number of nitrogens with one attached hydrogen (secondary N) is 2. The van der Waals surface area contributed by atoms with Gasteiger partial charge in [0.25, 0.3) is 0 Å². The molecule has 0 bridgehead atoms. The lowest BCUT2D eigenvalue weighted by Crippen LogP contribution is -2.25. The van der Waals surface area contributed by atoms with E-state index < -0.39 is 24.5 Å². The molecule has 2 aromatic rings. The van der Waals surface area contributed by atoms with Gasteiger partial charge in [-0.1, -0.05) is 11.6 Å². The first-order valence-corrected chi connectivity index (χ1v) is 7.89. The van der Waals surface area contributed by atoms with E-state index in [0.717, 1.165) is 0 Å². The molecule has 0 saturated carbocycles. The van der Waals surface area contributed by atoms with Crippen LogP contribution in [0.2, 0.25) is 5.02 Å². The van der Waals surface area contributed by atoms with Gasteiger partial charge in [0.1, 0.15) is 11.4 Å². The molecular formula is C16H14ClN3O6. The summed E-state index contributed by atoms with van der Waals surface area (Å²) in [6.45, 7) is -0.560. The molecular weight excluding hydrogens is 366 g/mol. The van der Waals surface area contributed by atoms with Crippen molar-refractivity contribution < 1.29 is 29.0 Å². The van der Waals surface area contributed by atoms with Crippen LogP contribution in [0.15, 0.2) is 18.2 Å². The molecule has 1 amide bonds. The monoisotopic (exact) mass is 379 g/mol. The number of benzene rings is 1. The number of anilines is 1. The van der Waals surface area contributed by atoms with Gasteiger partial charge in [-0.05, 0) is 18.2 Å². The number of aromatic nitrogens is 2. The Morgan fingerprint density at radius 2 is 2.19 bits per heavy atom. The Kier molecular flexibility index (Phi) is 4.81. The SMILES string of the molecule is COC(=O)c1[nH]nc2c1C(c1cc(Cl)ccc1OCC(=O)O)CC(=O)N2. The van der Waals surface area contributed by atoms with Crippen LogP contribution < -0.4 is 10.1 Å². The standard InChI is InChI=1S/C16H14ClN3O6/c1-25-16(24)14-13-9(5-11(21)18-15(13)20-19-14)8-4-7(17)2-3-10(8)26-6-12(22)23/h2-4,9H,5-6H2,1H3,(H,22,23)(H2,18,19,20,21). The van der Waals surface area contributed by atoms with E-state index in [2.05, 4.69) is 15.5 Å². The average molecular weight is 380 g/mol. The number of ether oxygens (including phenoxy) is 2. The largest absolute Gasteiger partial charge is 0.482 e. The molecule has 1 unspecified atom stereocenters. The lowest BCUT2D eigenvalue weighted by atomic mass is 9.85. The highest BCUT2D eigenvalue weighted by atomic mass is 35.5. The summed E-state index contributed by atoms with van der Waals surface area (Å²) in [5.74, 6) is -2.26. The molecule has 1 aliphatic rings. The Labute approximate surface area is 152 Å². The number of amides is 1. The van der Waals surface area contributed by atoms with Crippen LogP contribution in [-0.4, -0.2) is 46.9 Å². The van der Waals surface area contributed by atoms with Gasteiger partial charge in [0.05, 0.1) is 7.11 Å². The van der Waals surface area contributed by atoms with Crippen molar-refractivity contribution in [2.24, 2.45) is 0 Å². The minimum absolute atomic E-state index is 0.000299. The number of hydrogen-bond donors (Lipinski definition) is 3. The van der Waals surface area contributed by atoms with Crippen molar-refractivity contribution in [2.75, 3.05) is 19.0 Å². The molecule has 3 rings (SSSR count). The van der Waals surface area contributed by atoms with Crippen molar-refractivity contribution in [3.63, 3.8) is 0 Å². The summed E-state index contributed by atoms with van der Waals surface area (Å²) in [6.07, 6.45) is 0.000299. The van der Waals surface area contributed by atoms with Crippen LogP contribution in [0.1, 0.15) is 34.0 Å². The minimum atomic E-state index is -1.15. The number of nitrogens with zero attached hydrogens (tertiary/aromatic N) is 1. The topological polar surface area (TPSA) is 131 Å². The number of halogens is 1. The maximum Gasteiger partial charge on any atom is 0.356 e. The summed E-state index contributed by atoms with van der Waals surface area (Å²) in [4.78, 5) is 34.9. The van der Waals surface area contributed by atoms with Gasteiger partial charge in [-0.25, -0.2) is 9.59 Å². The first-order valence-electron chi connectivity index (χ1n) is 7.51. The summed E-state index contributed by atoms with van der Waals surface area (Å²) in [6, 6.07) is 4.63. The number of hydrogen-bond acceptors (Lipinski definition) is 6. The van der Waals surface area contributed by atoms with E-state index in [9.17, 15) is 14.4 Å². The molecule has 3 N–H and O–H groups in total.